The van der Waals surface area contributed by atoms with Crippen molar-refractivity contribution in [2.75, 3.05) is 6.61 Å². The quantitative estimate of drug-likeness (QED) is 0.753. The number of pyridine rings is 1. The van der Waals surface area contributed by atoms with E-state index >= 15 is 0 Å². The van der Waals surface area contributed by atoms with Gasteiger partial charge in [0.2, 0.25) is 0 Å². The summed E-state index contributed by atoms with van der Waals surface area (Å²) in [4.78, 5) is 4.32. The minimum Gasteiger partial charge on any atom is -0.491 e. The van der Waals surface area contributed by atoms with Crippen molar-refractivity contribution in [2.45, 2.75) is 39.0 Å². The van der Waals surface area contributed by atoms with E-state index in [-0.39, 0.29) is 0 Å². The third kappa shape index (κ3) is 2.71. The number of rotatable bonds is 4. The van der Waals surface area contributed by atoms with Gasteiger partial charge in [0, 0.05) is 6.20 Å². The van der Waals surface area contributed by atoms with E-state index in [1.165, 1.54) is 25.7 Å². The molecule has 1 aromatic heterocycles. The highest BCUT2D eigenvalue weighted by molar-refractivity contribution is 5.26. The molecule has 1 aliphatic carbocycles. The van der Waals surface area contributed by atoms with Crippen LogP contribution in [-0.2, 0) is 6.42 Å². The maximum Gasteiger partial charge on any atom is 0.140 e. The summed E-state index contributed by atoms with van der Waals surface area (Å²) in [5, 5.41) is 0. The average molecular weight is 205 g/mol. The summed E-state index contributed by atoms with van der Waals surface area (Å²) in [6, 6.07) is 3.98. The molecule has 0 aliphatic heterocycles. The summed E-state index contributed by atoms with van der Waals surface area (Å²) in [6.07, 6.45) is 8.20. The van der Waals surface area contributed by atoms with Gasteiger partial charge in [-0.05, 0) is 37.3 Å². The van der Waals surface area contributed by atoms with Gasteiger partial charge in [0.25, 0.3) is 0 Å². The zero-order chi connectivity index (χ0) is 10.5. The number of nitrogens with zero attached hydrogens (tertiary/aromatic N) is 1. The van der Waals surface area contributed by atoms with E-state index < -0.39 is 0 Å². The Bertz CT molecular complexity index is 305. The molecule has 1 fully saturated rings. The molecule has 2 heteroatoms. The highest BCUT2D eigenvalue weighted by Gasteiger charge is 2.16. The molecule has 0 radical (unpaired) electrons. The van der Waals surface area contributed by atoms with Crippen molar-refractivity contribution in [3.05, 3.63) is 24.0 Å². The summed E-state index contributed by atoms with van der Waals surface area (Å²) in [7, 11) is 0. The van der Waals surface area contributed by atoms with Crippen LogP contribution in [0.5, 0.6) is 5.75 Å². The Labute approximate surface area is 91.7 Å². The molecular formula is C13H19NO. The largest absolute Gasteiger partial charge is 0.491 e. The van der Waals surface area contributed by atoms with Gasteiger partial charge >= 0.3 is 0 Å². The van der Waals surface area contributed by atoms with E-state index in [0.29, 0.717) is 0 Å². The Kier molecular flexibility index (Phi) is 3.59. The third-order valence-corrected chi connectivity index (χ3v) is 3.13. The molecule has 1 heterocycles. The first-order valence-corrected chi connectivity index (χ1v) is 5.97. The lowest BCUT2D eigenvalue weighted by atomic mass is 10.1. The van der Waals surface area contributed by atoms with Crippen LogP contribution in [0.1, 0.15) is 38.3 Å². The molecule has 2 nitrogen and oxygen atoms in total. The number of aromatic nitrogens is 1. The molecule has 0 amide bonds. The molecule has 1 aromatic rings. The van der Waals surface area contributed by atoms with E-state index in [9.17, 15) is 0 Å². The lowest BCUT2D eigenvalue weighted by Gasteiger charge is -2.13. The minimum atomic E-state index is 0.773. The Hall–Kier alpha value is -1.05. The molecule has 82 valence electrons. The van der Waals surface area contributed by atoms with E-state index in [4.69, 9.17) is 4.74 Å². The Morgan fingerprint density at radius 3 is 2.93 bits per heavy atom. The van der Waals surface area contributed by atoms with Crippen LogP contribution in [0, 0.1) is 5.92 Å². The van der Waals surface area contributed by atoms with Crippen LogP contribution in [-0.4, -0.2) is 11.6 Å². The number of hydrogen-bond acceptors (Lipinski definition) is 2. The molecule has 0 saturated heterocycles. The normalized spacial score (nSPS) is 16.9. The predicted molar refractivity (Wildman–Crippen MR) is 61.1 cm³/mol. The van der Waals surface area contributed by atoms with Crippen molar-refractivity contribution in [1.82, 2.24) is 4.98 Å². The van der Waals surface area contributed by atoms with Gasteiger partial charge in [-0.2, -0.15) is 0 Å². The first-order chi connectivity index (χ1) is 7.40. The standard InChI is InChI=1S/C13H19NO/c1-2-12-13(8-5-9-14-12)15-10-11-6-3-4-7-11/h5,8-9,11H,2-4,6-7,10H2,1H3. The molecule has 1 aliphatic rings. The van der Waals surface area contributed by atoms with Gasteiger partial charge in [0.15, 0.2) is 0 Å². The van der Waals surface area contributed by atoms with E-state index in [1.807, 2.05) is 18.3 Å². The topological polar surface area (TPSA) is 22.1 Å². The van der Waals surface area contributed by atoms with Crippen molar-refractivity contribution >= 4 is 0 Å². The lowest BCUT2D eigenvalue weighted by molar-refractivity contribution is 0.249. The van der Waals surface area contributed by atoms with E-state index in [1.54, 1.807) is 0 Å². The molecular weight excluding hydrogens is 186 g/mol. The van der Waals surface area contributed by atoms with Crippen LogP contribution in [0.3, 0.4) is 0 Å². The molecule has 0 unspecified atom stereocenters. The van der Waals surface area contributed by atoms with Gasteiger partial charge in [-0.3, -0.25) is 4.98 Å². The van der Waals surface area contributed by atoms with Crippen molar-refractivity contribution in [3.8, 4) is 5.75 Å². The van der Waals surface area contributed by atoms with Gasteiger partial charge < -0.3 is 4.74 Å². The van der Waals surface area contributed by atoms with Crippen molar-refractivity contribution < 1.29 is 4.74 Å². The summed E-state index contributed by atoms with van der Waals surface area (Å²) < 4.78 is 5.85. The smallest absolute Gasteiger partial charge is 0.140 e. The van der Waals surface area contributed by atoms with Crippen molar-refractivity contribution in [1.29, 1.82) is 0 Å². The predicted octanol–water partition coefficient (Wildman–Crippen LogP) is 3.21. The van der Waals surface area contributed by atoms with Gasteiger partial charge in [0.05, 0.1) is 12.3 Å². The van der Waals surface area contributed by atoms with Crippen LogP contribution in [0.25, 0.3) is 0 Å². The first kappa shape index (κ1) is 10.5. The van der Waals surface area contributed by atoms with Crippen LogP contribution in [0.15, 0.2) is 18.3 Å². The Morgan fingerprint density at radius 1 is 1.40 bits per heavy atom. The minimum absolute atomic E-state index is 0.773. The van der Waals surface area contributed by atoms with Gasteiger partial charge in [-0.1, -0.05) is 19.8 Å². The van der Waals surface area contributed by atoms with Crippen LogP contribution in [0.4, 0.5) is 0 Å². The van der Waals surface area contributed by atoms with Crippen LogP contribution >= 0.6 is 0 Å². The second-order valence-corrected chi connectivity index (χ2v) is 4.26. The Balaban J connectivity index is 1.91. The van der Waals surface area contributed by atoms with Crippen molar-refractivity contribution in [2.24, 2.45) is 5.92 Å². The fraction of sp³-hybridized carbons (Fsp3) is 0.615. The molecule has 0 spiro atoms. The molecule has 15 heavy (non-hydrogen) atoms. The molecule has 0 bridgehead atoms. The summed E-state index contributed by atoms with van der Waals surface area (Å²) in [5.74, 6) is 1.75. The number of hydrogen-bond donors (Lipinski definition) is 0. The number of aryl methyl sites for hydroxylation is 1. The zero-order valence-corrected chi connectivity index (χ0v) is 9.41. The summed E-state index contributed by atoms with van der Waals surface area (Å²) in [5.41, 5.74) is 1.08. The molecule has 0 N–H and O–H groups in total. The molecule has 1 saturated carbocycles. The fourth-order valence-corrected chi connectivity index (χ4v) is 2.20. The van der Waals surface area contributed by atoms with Crippen molar-refractivity contribution in [3.63, 3.8) is 0 Å². The molecule has 0 aromatic carbocycles. The second-order valence-electron chi connectivity index (χ2n) is 4.26. The number of ether oxygens (including phenoxy) is 1. The molecule has 0 atom stereocenters. The fourth-order valence-electron chi connectivity index (χ4n) is 2.20. The Morgan fingerprint density at radius 2 is 2.20 bits per heavy atom. The first-order valence-electron chi connectivity index (χ1n) is 5.97. The second kappa shape index (κ2) is 5.15. The van der Waals surface area contributed by atoms with E-state index in [2.05, 4.69) is 11.9 Å². The van der Waals surface area contributed by atoms with Crippen LogP contribution in [0.2, 0.25) is 0 Å². The highest BCUT2D eigenvalue weighted by atomic mass is 16.5. The van der Waals surface area contributed by atoms with Gasteiger partial charge in [-0.15, -0.1) is 0 Å². The van der Waals surface area contributed by atoms with Crippen LogP contribution < -0.4 is 4.74 Å². The lowest BCUT2D eigenvalue weighted by Crippen LogP contribution is -2.09. The average Bonchev–Trinajstić information content (AvgIpc) is 2.79. The molecule has 2 rings (SSSR count). The third-order valence-electron chi connectivity index (χ3n) is 3.13. The summed E-state index contributed by atoms with van der Waals surface area (Å²) in [6.45, 7) is 2.99. The van der Waals surface area contributed by atoms with Gasteiger partial charge in [-0.25, -0.2) is 0 Å². The van der Waals surface area contributed by atoms with E-state index in [0.717, 1.165) is 30.4 Å². The maximum absolute atomic E-state index is 5.85. The SMILES string of the molecule is CCc1ncccc1OCC1CCCC1. The summed E-state index contributed by atoms with van der Waals surface area (Å²) >= 11 is 0. The monoisotopic (exact) mass is 205 g/mol. The van der Waals surface area contributed by atoms with Gasteiger partial charge in [0.1, 0.15) is 5.75 Å². The highest BCUT2D eigenvalue weighted by Crippen LogP contribution is 2.26. The maximum atomic E-state index is 5.85. The zero-order valence-electron chi connectivity index (χ0n) is 9.41.